The van der Waals surface area contributed by atoms with Crippen LogP contribution < -0.4 is 19.8 Å². The van der Waals surface area contributed by atoms with Crippen LogP contribution in [0.2, 0.25) is 0 Å². The van der Waals surface area contributed by atoms with Gasteiger partial charge in [0.25, 0.3) is 0 Å². The van der Waals surface area contributed by atoms with Gasteiger partial charge in [0.15, 0.2) is 5.82 Å². The van der Waals surface area contributed by atoms with E-state index in [1.54, 1.807) is 18.5 Å². The Morgan fingerprint density at radius 1 is 1.06 bits per heavy atom. The Hall–Kier alpha value is -3.72. The highest BCUT2D eigenvalue weighted by Gasteiger charge is 2.15. The van der Waals surface area contributed by atoms with E-state index in [0.717, 1.165) is 24.5 Å². The van der Waals surface area contributed by atoms with Gasteiger partial charge in [-0.25, -0.2) is 4.98 Å². The summed E-state index contributed by atoms with van der Waals surface area (Å²) in [6.45, 7) is 5.49. The molecule has 166 valence electrons. The third kappa shape index (κ3) is 6.39. The Bertz CT molecular complexity index is 1030. The average Bonchev–Trinajstić information content (AvgIpc) is 2.83. The van der Waals surface area contributed by atoms with E-state index in [2.05, 4.69) is 36.4 Å². The quantitative estimate of drug-likeness (QED) is 0.312. The van der Waals surface area contributed by atoms with Crippen molar-refractivity contribution in [2.24, 2.45) is 5.10 Å². The molecule has 2 aromatic heterocycles. The van der Waals surface area contributed by atoms with Crippen LogP contribution in [0.15, 0.2) is 59.8 Å². The fraction of sp³-hybridized carbons (Fsp3) is 0.304. The van der Waals surface area contributed by atoms with Crippen molar-refractivity contribution < 1.29 is 14.2 Å². The molecule has 1 fully saturated rings. The molecule has 32 heavy (non-hydrogen) atoms. The first-order chi connectivity index (χ1) is 15.8. The van der Waals surface area contributed by atoms with Gasteiger partial charge in [0, 0.05) is 31.4 Å². The Labute approximate surface area is 187 Å². The van der Waals surface area contributed by atoms with Gasteiger partial charge < -0.3 is 19.1 Å². The number of hydrogen-bond acceptors (Lipinski definition) is 9. The monoisotopic (exact) mass is 434 g/mol. The third-order valence-electron chi connectivity index (χ3n) is 4.66. The van der Waals surface area contributed by atoms with Crippen LogP contribution >= 0.6 is 0 Å². The van der Waals surface area contributed by atoms with Gasteiger partial charge in [0.1, 0.15) is 19.0 Å². The number of anilines is 2. The van der Waals surface area contributed by atoms with Crippen LogP contribution in [0.4, 0.5) is 11.6 Å². The first kappa shape index (κ1) is 21.5. The Balaban J connectivity index is 1.42. The number of hydrazone groups is 1. The van der Waals surface area contributed by atoms with Crippen LogP contribution in [0.1, 0.15) is 11.1 Å². The lowest BCUT2D eigenvalue weighted by atomic mass is 10.2. The van der Waals surface area contributed by atoms with Crippen LogP contribution in [0.3, 0.4) is 0 Å². The number of aromatic nitrogens is 3. The molecule has 0 bridgehead atoms. The van der Waals surface area contributed by atoms with Crippen molar-refractivity contribution >= 4 is 17.9 Å². The van der Waals surface area contributed by atoms with Crippen LogP contribution in [-0.4, -0.2) is 60.7 Å². The number of ether oxygens (including phenoxy) is 3. The highest BCUT2D eigenvalue weighted by Crippen LogP contribution is 2.20. The standard InChI is InChI=1S/C23H26N6O3/c1-18-5-4-6-19(15-18)17-25-28-20-16-21(29-9-11-30-12-10-29)27-23(26-20)32-14-13-31-22-7-2-3-8-24-22/h2-8,15-17H,9-14H2,1H3,(H,26,27,28)/b25-17+. The molecule has 1 aliphatic rings. The number of rotatable bonds is 9. The molecule has 4 rings (SSSR count). The molecule has 9 heteroatoms. The largest absolute Gasteiger partial charge is 0.474 e. The van der Waals surface area contributed by atoms with Crippen molar-refractivity contribution in [3.05, 3.63) is 65.9 Å². The summed E-state index contributed by atoms with van der Waals surface area (Å²) in [4.78, 5) is 15.2. The predicted octanol–water partition coefficient (Wildman–Crippen LogP) is 2.92. The number of benzene rings is 1. The third-order valence-corrected chi connectivity index (χ3v) is 4.66. The fourth-order valence-electron chi connectivity index (χ4n) is 3.12. The van der Waals surface area contributed by atoms with Crippen LogP contribution in [0, 0.1) is 6.92 Å². The molecule has 3 heterocycles. The molecule has 3 aromatic rings. The molecule has 1 N–H and O–H groups in total. The van der Waals surface area contributed by atoms with Crippen molar-refractivity contribution in [3.8, 4) is 11.9 Å². The van der Waals surface area contributed by atoms with Gasteiger partial charge in [0.05, 0.1) is 19.4 Å². The smallest absolute Gasteiger partial charge is 0.320 e. The normalized spacial score (nSPS) is 13.8. The molecule has 1 aliphatic heterocycles. The predicted molar refractivity (Wildman–Crippen MR) is 123 cm³/mol. The topological polar surface area (TPSA) is 94.0 Å². The maximum absolute atomic E-state index is 5.76. The van der Waals surface area contributed by atoms with E-state index in [4.69, 9.17) is 14.2 Å². The molecule has 0 unspecified atom stereocenters. The zero-order valence-corrected chi connectivity index (χ0v) is 18.0. The Morgan fingerprint density at radius 2 is 1.94 bits per heavy atom. The summed E-state index contributed by atoms with van der Waals surface area (Å²) in [5.74, 6) is 1.86. The van der Waals surface area contributed by atoms with Crippen molar-refractivity contribution in [2.75, 3.05) is 49.8 Å². The molecule has 0 aliphatic carbocycles. The molecule has 0 spiro atoms. The molecule has 1 aromatic carbocycles. The SMILES string of the molecule is Cc1cccc(/C=N/Nc2cc(N3CCOCC3)nc(OCCOc3ccccn3)n2)c1. The minimum atomic E-state index is 0.256. The molecule has 1 saturated heterocycles. The Morgan fingerprint density at radius 3 is 2.75 bits per heavy atom. The summed E-state index contributed by atoms with van der Waals surface area (Å²) in [7, 11) is 0. The summed E-state index contributed by atoms with van der Waals surface area (Å²) in [5, 5.41) is 4.32. The number of nitrogens with zero attached hydrogens (tertiary/aromatic N) is 5. The highest BCUT2D eigenvalue weighted by molar-refractivity contribution is 5.80. The second kappa shape index (κ2) is 11.1. The second-order valence-electron chi connectivity index (χ2n) is 7.14. The van der Waals surface area contributed by atoms with Gasteiger partial charge in [-0.05, 0) is 18.6 Å². The first-order valence-corrected chi connectivity index (χ1v) is 10.5. The number of nitrogens with one attached hydrogen (secondary N) is 1. The van der Waals surface area contributed by atoms with E-state index in [1.807, 2.05) is 43.3 Å². The number of hydrogen-bond donors (Lipinski definition) is 1. The van der Waals surface area contributed by atoms with Crippen LogP contribution in [0.5, 0.6) is 11.9 Å². The number of morpholine rings is 1. The minimum Gasteiger partial charge on any atom is -0.474 e. The van der Waals surface area contributed by atoms with E-state index in [0.29, 0.717) is 31.5 Å². The number of aryl methyl sites for hydroxylation is 1. The van der Waals surface area contributed by atoms with Crippen molar-refractivity contribution in [1.29, 1.82) is 0 Å². The maximum atomic E-state index is 5.76. The van der Waals surface area contributed by atoms with Crippen molar-refractivity contribution in [3.63, 3.8) is 0 Å². The lowest BCUT2D eigenvalue weighted by molar-refractivity contribution is 0.122. The van der Waals surface area contributed by atoms with Gasteiger partial charge in [-0.15, -0.1) is 0 Å². The highest BCUT2D eigenvalue weighted by atomic mass is 16.5. The van der Waals surface area contributed by atoms with Gasteiger partial charge in [-0.1, -0.05) is 35.9 Å². The summed E-state index contributed by atoms with van der Waals surface area (Å²) >= 11 is 0. The first-order valence-electron chi connectivity index (χ1n) is 10.5. The van der Waals surface area contributed by atoms with Crippen molar-refractivity contribution in [1.82, 2.24) is 15.0 Å². The molecule has 0 atom stereocenters. The summed E-state index contributed by atoms with van der Waals surface area (Å²) in [6.07, 6.45) is 3.44. The minimum absolute atomic E-state index is 0.256. The van der Waals surface area contributed by atoms with E-state index in [-0.39, 0.29) is 12.6 Å². The van der Waals surface area contributed by atoms with Gasteiger partial charge >= 0.3 is 6.01 Å². The van der Waals surface area contributed by atoms with Crippen LogP contribution in [0.25, 0.3) is 0 Å². The van der Waals surface area contributed by atoms with Crippen molar-refractivity contribution in [2.45, 2.75) is 6.92 Å². The van der Waals surface area contributed by atoms with E-state index < -0.39 is 0 Å². The van der Waals surface area contributed by atoms with Gasteiger partial charge in [-0.3, -0.25) is 5.43 Å². The zero-order chi connectivity index (χ0) is 22.0. The fourth-order valence-corrected chi connectivity index (χ4v) is 3.12. The van der Waals surface area contributed by atoms with Gasteiger partial charge in [0.2, 0.25) is 5.88 Å². The summed E-state index contributed by atoms with van der Waals surface area (Å²) in [6, 6.07) is 15.7. The van der Waals surface area contributed by atoms with E-state index >= 15 is 0 Å². The van der Waals surface area contributed by atoms with Crippen LogP contribution in [-0.2, 0) is 4.74 Å². The number of pyridine rings is 1. The molecule has 0 amide bonds. The van der Waals surface area contributed by atoms with Gasteiger partial charge in [-0.2, -0.15) is 15.1 Å². The maximum Gasteiger partial charge on any atom is 0.320 e. The summed E-state index contributed by atoms with van der Waals surface area (Å²) < 4.78 is 16.8. The molecular weight excluding hydrogens is 408 g/mol. The zero-order valence-electron chi connectivity index (χ0n) is 18.0. The molecule has 0 radical (unpaired) electrons. The van der Waals surface area contributed by atoms with E-state index in [1.165, 1.54) is 5.56 Å². The van der Waals surface area contributed by atoms with E-state index in [9.17, 15) is 0 Å². The Kier molecular flexibility index (Phi) is 7.43. The summed E-state index contributed by atoms with van der Waals surface area (Å²) in [5.41, 5.74) is 5.17. The molecule has 0 saturated carbocycles. The molecular formula is C23H26N6O3. The lowest BCUT2D eigenvalue weighted by Crippen LogP contribution is -2.36. The lowest BCUT2D eigenvalue weighted by Gasteiger charge is -2.28. The molecule has 9 nitrogen and oxygen atoms in total. The second-order valence-corrected chi connectivity index (χ2v) is 7.14. The average molecular weight is 435 g/mol.